The Hall–Kier alpha value is -1.39. The van der Waals surface area contributed by atoms with Gasteiger partial charge in [-0.1, -0.05) is 12.1 Å². The van der Waals surface area contributed by atoms with Crippen LogP contribution >= 0.6 is 24.0 Å². The number of hydrogen-bond acceptors (Lipinski definition) is 4. The number of guanidine groups is 1. The average molecular weight is 474 g/mol. The first-order valence-electron chi connectivity index (χ1n) is 8.75. The fourth-order valence-corrected chi connectivity index (χ4v) is 3.29. The number of morpholine rings is 1. The second-order valence-electron chi connectivity index (χ2n) is 6.37. The van der Waals surface area contributed by atoms with Crippen LogP contribution in [-0.4, -0.2) is 62.3 Å². The molecule has 2 aliphatic heterocycles. The number of benzene rings is 1. The quantitative estimate of drug-likeness (QED) is 0.391. The third-order valence-electron chi connectivity index (χ3n) is 4.67. The average Bonchev–Trinajstić information content (AvgIpc) is 3.18. The van der Waals surface area contributed by atoms with Gasteiger partial charge in [0.05, 0.1) is 12.7 Å². The number of ether oxygens (including phenoxy) is 2. The Morgan fingerprint density at radius 1 is 1.27 bits per heavy atom. The molecule has 0 saturated carbocycles. The van der Waals surface area contributed by atoms with Gasteiger partial charge in [-0.2, -0.15) is 0 Å². The van der Waals surface area contributed by atoms with Crippen molar-refractivity contribution >= 4 is 35.8 Å². The van der Waals surface area contributed by atoms with Crippen molar-refractivity contribution in [1.29, 1.82) is 0 Å². The van der Waals surface area contributed by atoms with Gasteiger partial charge in [-0.05, 0) is 30.5 Å². The van der Waals surface area contributed by atoms with Crippen molar-refractivity contribution in [2.45, 2.75) is 31.6 Å². The highest BCUT2D eigenvalue weighted by atomic mass is 127. The molecule has 1 amide bonds. The summed E-state index contributed by atoms with van der Waals surface area (Å²) in [5.41, 5.74) is 6.85. The van der Waals surface area contributed by atoms with Gasteiger partial charge in [0.1, 0.15) is 6.10 Å². The van der Waals surface area contributed by atoms with Crippen LogP contribution in [-0.2, 0) is 16.0 Å². The maximum Gasteiger partial charge on any atom is 0.248 e. The molecule has 2 fully saturated rings. The number of aliphatic imine (C=N–C) groups is 1. The van der Waals surface area contributed by atoms with E-state index < -0.39 is 5.91 Å². The summed E-state index contributed by atoms with van der Waals surface area (Å²) in [4.78, 5) is 17.7. The summed E-state index contributed by atoms with van der Waals surface area (Å²) in [6.07, 6.45) is 2.47. The molecule has 7 nitrogen and oxygen atoms in total. The minimum atomic E-state index is -0.413. The molecule has 0 aromatic heterocycles. The van der Waals surface area contributed by atoms with E-state index in [0.717, 1.165) is 44.1 Å². The van der Waals surface area contributed by atoms with E-state index in [-0.39, 0.29) is 36.2 Å². The molecule has 2 saturated heterocycles. The number of nitrogens with two attached hydrogens (primary N) is 1. The molecule has 0 spiro atoms. The smallest absolute Gasteiger partial charge is 0.248 e. The zero-order valence-corrected chi connectivity index (χ0v) is 17.3. The van der Waals surface area contributed by atoms with Crippen LogP contribution in [0.2, 0.25) is 0 Å². The lowest BCUT2D eigenvalue weighted by Gasteiger charge is -2.37. The van der Waals surface area contributed by atoms with Gasteiger partial charge in [0, 0.05) is 38.9 Å². The first-order chi connectivity index (χ1) is 12.2. The van der Waals surface area contributed by atoms with E-state index >= 15 is 0 Å². The molecule has 26 heavy (non-hydrogen) atoms. The topological polar surface area (TPSA) is 89.2 Å². The van der Waals surface area contributed by atoms with Crippen molar-refractivity contribution in [1.82, 2.24) is 10.2 Å². The Kier molecular flexibility index (Phi) is 8.11. The summed E-state index contributed by atoms with van der Waals surface area (Å²) in [7, 11) is 1.79. The van der Waals surface area contributed by atoms with Crippen LogP contribution in [0.15, 0.2) is 29.3 Å². The zero-order chi connectivity index (χ0) is 17.6. The maximum atomic E-state index is 11.1. The third kappa shape index (κ3) is 5.31. The van der Waals surface area contributed by atoms with E-state index in [1.165, 1.54) is 0 Å². The Labute approximate surface area is 171 Å². The first kappa shape index (κ1) is 20.9. The van der Waals surface area contributed by atoms with E-state index in [2.05, 4.69) is 15.2 Å². The van der Waals surface area contributed by atoms with Gasteiger partial charge >= 0.3 is 0 Å². The number of primary amides is 1. The van der Waals surface area contributed by atoms with Gasteiger partial charge in [-0.25, -0.2) is 0 Å². The predicted octanol–water partition coefficient (Wildman–Crippen LogP) is 1.36. The van der Waals surface area contributed by atoms with Crippen molar-refractivity contribution in [2.24, 2.45) is 10.7 Å². The van der Waals surface area contributed by atoms with E-state index in [1.807, 2.05) is 12.1 Å². The van der Waals surface area contributed by atoms with Crippen LogP contribution in [0.1, 0.15) is 28.8 Å². The molecule has 0 radical (unpaired) electrons. The summed E-state index contributed by atoms with van der Waals surface area (Å²) in [6.45, 7) is 3.74. The van der Waals surface area contributed by atoms with Crippen LogP contribution < -0.4 is 11.1 Å². The van der Waals surface area contributed by atoms with E-state index in [0.29, 0.717) is 18.7 Å². The monoisotopic (exact) mass is 474 g/mol. The van der Waals surface area contributed by atoms with Gasteiger partial charge in [-0.15, -0.1) is 24.0 Å². The Morgan fingerprint density at radius 3 is 2.62 bits per heavy atom. The van der Waals surface area contributed by atoms with Crippen LogP contribution in [0.5, 0.6) is 0 Å². The van der Waals surface area contributed by atoms with Crippen LogP contribution in [0.4, 0.5) is 0 Å². The van der Waals surface area contributed by atoms with E-state index in [4.69, 9.17) is 15.2 Å². The lowest BCUT2D eigenvalue weighted by Crippen LogP contribution is -2.53. The van der Waals surface area contributed by atoms with E-state index in [9.17, 15) is 4.79 Å². The van der Waals surface area contributed by atoms with Crippen LogP contribution in [0.25, 0.3) is 0 Å². The predicted molar refractivity (Wildman–Crippen MR) is 111 cm³/mol. The molecule has 1 aromatic rings. The van der Waals surface area contributed by atoms with Crippen LogP contribution in [0.3, 0.4) is 0 Å². The first-order valence-corrected chi connectivity index (χ1v) is 8.75. The molecule has 2 atom stereocenters. The number of nitrogens with zero attached hydrogens (tertiary/aromatic N) is 2. The SMILES string of the molecule is CN=C(NCc1ccc(C(N)=O)cc1)N1CCOC(C2CCCO2)C1.I. The van der Waals surface area contributed by atoms with Crippen LogP contribution in [0, 0.1) is 0 Å². The molecule has 3 rings (SSSR count). The summed E-state index contributed by atoms with van der Waals surface area (Å²) in [5, 5.41) is 3.38. The Balaban J connectivity index is 0.00000243. The van der Waals surface area contributed by atoms with Gasteiger partial charge in [-0.3, -0.25) is 9.79 Å². The Morgan fingerprint density at radius 2 is 2.00 bits per heavy atom. The molecule has 8 heteroatoms. The number of amides is 1. The van der Waals surface area contributed by atoms with Crippen molar-refractivity contribution in [3.63, 3.8) is 0 Å². The number of nitrogens with one attached hydrogen (secondary N) is 1. The maximum absolute atomic E-state index is 11.1. The fourth-order valence-electron chi connectivity index (χ4n) is 3.29. The number of hydrogen-bond donors (Lipinski definition) is 2. The fraction of sp³-hybridized carbons (Fsp3) is 0.556. The number of carbonyl (C=O) groups excluding carboxylic acids is 1. The largest absolute Gasteiger partial charge is 0.375 e. The van der Waals surface area contributed by atoms with Gasteiger partial charge < -0.3 is 25.4 Å². The molecule has 0 bridgehead atoms. The minimum Gasteiger partial charge on any atom is -0.375 e. The normalized spacial score (nSPS) is 23.4. The molecule has 2 unspecified atom stereocenters. The molecule has 2 heterocycles. The molecule has 0 aliphatic carbocycles. The summed E-state index contributed by atoms with van der Waals surface area (Å²) in [6, 6.07) is 7.28. The molecule has 144 valence electrons. The summed E-state index contributed by atoms with van der Waals surface area (Å²) < 4.78 is 11.7. The highest BCUT2D eigenvalue weighted by Gasteiger charge is 2.32. The number of rotatable bonds is 4. The second kappa shape index (κ2) is 10.1. The van der Waals surface area contributed by atoms with E-state index in [1.54, 1.807) is 19.2 Å². The Bertz CT molecular complexity index is 617. The highest BCUT2D eigenvalue weighted by Crippen LogP contribution is 2.21. The zero-order valence-electron chi connectivity index (χ0n) is 15.0. The van der Waals surface area contributed by atoms with Crippen molar-refractivity contribution < 1.29 is 14.3 Å². The summed E-state index contributed by atoms with van der Waals surface area (Å²) >= 11 is 0. The van der Waals surface area contributed by atoms with Crippen molar-refractivity contribution in [2.75, 3.05) is 33.4 Å². The highest BCUT2D eigenvalue weighted by molar-refractivity contribution is 14.0. The molecule has 2 aliphatic rings. The van der Waals surface area contributed by atoms with Gasteiger partial charge in [0.25, 0.3) is 0 Å². The standard InChI is InChI=1S/C18H26N4O3.HI/c1-20-18(21-11-13-4-6-14(7-5-13)17(19)23)22-8-10-25-16(12-22)15-3-2-9-24-15;/h4-7,15-16H,2-3,8-12H2,1H3,(H2,19,23)(H,20,21);1H. The van der Waals surface area contributed by atoms with Gasteiger partial charge in [0.15, 0.2) is 5.96 Å². The second-order valence-corrected chi connectivity index (χ2v) is 6.37. The lowest BCUT2D eigenvalue weighted by atomic mass is 10.1. The molecule has 3 N–H and O–H groups in total. The molecule has 1 aromatic carbocycles. The summed E-state index contributed by atoms with van der Waals surface area (Å²) in [5.74, 6) is 0.439. The van der Waals surface area contributed by atoms with Crippen molar-refractivity contribution in [3.05, 3.63) is 35.4 Å². The molecular formula is C18H27IN4O3. The number of halogens is 1. The molecular weight excluding hydrogens is 447 g/mol. The third-order valence-corrected chi connectivity index (χ3v) is 4.67. The van der Waals surface area contributed by atoms with Gasteiger partial charge in [0.2, 0.25) is 5.91 Å². The number of carbonyl (C=O) groups is 1. The lowest BCUT2D eigenvalue weighted by molar-refractivity contribution is -0.0817. The minimum absolute atomic E-state index is 0. The van der Waals surface area contributed by atoms with Crippen molar-refractivity contribution in [3.8, 4) is 0 Å².